The van der Waals surface area contributed by atoms with Gasteiger partial charge in [0.15, 0.2) is 11.8 Å². The smallest absolute Gasteiger partial charge is 0.434 e. The van der Waals surface area contributed by atoms with Crippen molar-refractivity contribution in [1.29, 1.82) is 0 Å². The third-order valence-electron chi connectivity index (χ3n) is 8.30. The van der Waals surface area contributed by atoms with Gasteiger partial charge in [0.1, 0.15) is 24.0 Å². The van der Waals surface area contributed by atoms with Gasteiger partial charge in [-0.2, -0.15) is 4.31 Å². The molecule has 0 saturated carbocycles. The Morgan fingerprint density at radius 3 is 1.95 bits per heavy atom. The number of aromatic nitrogens is 3. The highest BCUT2D eigenvalue weighted by atomic mass is 31.3. The summed E-state index contributed by atoms with van der Waals surface area (Å²) in [7, 11) is -11.0. The Morgan fingerprint density at radius 2 is 1.42 bits per heavy atom. The quantitative estimate of drug-likeness (QED) is 0.103. The predicted molar refractivity (Wildman–Crippen MR) is 199 cm³/mol. The van der Waals surface area contributed by atoms with Crippen molar-refractivity contribution in [3.63, 3.8) is 0 Å². The molecule has 20 nitrogen and oxygen atoms in total. The van der Waals surface area contributed by atoms with Crippen molar-refractivity contribution in [2.75, 3.05) is 6.61 Å². The number of aliphatic hydroxyl groups is 2. The summed E-state index contributed by atoms with van der Waals surface area (Å²) >= 11 is 0. The molecule has 1 aliphatic rings. The van der Waals surface area contributed by atoms with Crippen molar-refractivity contribution in [2.45, 2.75) is 113 Å². The van der Waals surface area contributed by atoms with Crippen LogP contribution < -0.4 is 11.2 Å². The number of phosphoric ester groups is 2. The number of para-hydroxylation sites is 1. The number of ether oxygens (including phenoxy) is 3. The summed E-state index contributed by atoms with van der Waals surface area (Å²) in [6, 6.07) is 7.80. The summed E-state index contributed by atoms with van der Waals surface area (Å²) in [6.07, 6.45) is -9.26. The topological polar surface area (TPSA) is 264 Å². The summed E-state index contributed by atoms with van der Waals surface area (Å²) in [6.45, 7) is 14.0. The van der Waals surface area contributed by atoms with E-state index in [1.54, 1.807) is 65.8 Å². The molecule has 3 N–H and O–H groups in total. The van der Waals surface area contributed by atoms with E-state index in [0.29, 0.717) is 11.0 Å². The van der Waals surface area contributed by atoms with Crippen molar-refractivity contribution >= 4 is 38.6 Å². The molecular weight excluding hydrogens is 796 g/mol. The molecule has 0 bridgehead atoms. The molecule has 22 heteroatoms. The molecule has 0 spiro atoms. The highest BCUT2D eigenvalue weighted by Crippen LogP contribution is 2.65. The van der Waals surface area contributed by atoms with Gasteiger partial charge in [-0.1, -0.05) is 45.0 Å². The predicted octanol–water partition coefficient (Wildman–Crippen LogP) is 4.24. The SMILES string of the molecule is CC(C)C(OC(=O)C(C)(C)C)OP(=O)(OC(OC(=O)C(C)(C)C)C(C)C)OP(=O)(O)OC[C@H]1O[C@@H](n2ccc(=O)n(Cc3noc4ccccc34)c2=O)C(O)[C@H]1O. The fraction of sp³-hybridized carbons (Fsp3) is 0.629. The van der Waals surface area contributed by atoms with E-state index >= 15 is 0 Å². The number of hydrogen-bond donors (Lipinski definition) is 3. The molecule has 2 aromatic heterocycles. The largest absolute Gasteiger partial charge is 0.490 e. The van der Waals surface area contributed by atoms with E-state index in [2.05, 4.69) is 5.16 Å². The maximum atomic E-state index is 14.3. The van der Waals surface area contributed by atoms with Crippen LogP contribution in [-0.2, 0) is 57.4 Å². The average molecular weight is 848 g/mol. The number of rotatable bonds is 16. The second kappa shape index (κ2) is 17.7. The van der Waals surface area contributed by atoms with Gasteiger partial charge in [-0.05, 0) is 53.7 Å². The van der Waals surface area contributed by atoms with E-state index < -0.39 is 105 Å². The minimum atomic E-state index is -5.58. The van der Waals surface area contributed by atoms with Crippen molar-refractivity contribution in [3.8, 4) is 0 Å². The van der Waals surface area contributed by atoms with Crippen molar-refractivity contribution in [2.24, 2.45) is 22.7 Å². The summed E-state index contributed by atoms with van der Waals surface area (Å²) < 4.78 is 72.1. The van der Waals surface area contributed by atoms with E-state index in [4.69, 9.17) is 36.6 Å². The lowest BCUT2D eigenvalue weighted by molar-refractivity contribution is -0.191. The first-order valence-corrected chi connectivity index (χ1v) is 20.9. The van der Waals surface area contributed by atoms with E-state index in [1.165, 1.54) is 27.7 Å². The minimum absolute atomic E-state index is 0.268. The second-order valence-corrected chi connectivity index (χ2v) is 19.3. The van der Waals surface area contributed by atoms with Gasteiger partial charge in [0, 0.05) is 29.5 Å². The molecule has 1 fully saturated rings. The molecule has 7 atom stereocenters. The number of nitrogens with zero attached hydrogens (tertiary/aromatic N) is 3. The standard InChI is InChI=1S/C35H51N3O17P2/c1-19(2)29(50-31(42)34(5,6)7)53-57(47,54-30(20(3)4)51-32(43)35(8,9)10)55-56(45,46)48-18-24-26(40)27(41)28(49-24)37-16-15-25(39)38(33(37)44)17-22-21-13-11-12-14-23(21)52-36-22/h11-16,19-20,24,26-30,40-41H,17-18H2,1-10H3,(H,45,46)/t24-,26+,27?,28-,29?,30?,57?/m1/s1. The molecule has 0 aliphatic carbocycles. The Hall–Kier alpha value is -3.55. The number of carbonyl (C=O) groups excluding carboxylic acids is 2. The molecule has 1 aliphatic heterocycles. The number of hydrogen-bond acceptors (Lipinski definition) is 17. The van der Waals surface area contributed by atoms with Crippen LogP contribution in [0.2, 0.25) is 0 Å². The molecule has 57 heavy (non-hydrogen) atoms. The Labute approximate surface area is 328 Å². The van der Waals surface area contributed by atoms with Crippen molar-refractivity contribution in [1.82, 2.24) is 14.3 Å². The molecule has 0 amide bonds. The Balaban J connectivity index is 1.56. The maximum absolute atomic E-state index is 14.3. The minimum Gasteiger partial charge on any atom is -0.434 e. The Morgan fingerprint density at radius 1 is 0.877 bits per heavy atom. The molecular formula is C35H51N3O17P2. The van der Waals surface area contributed by atoms with Crippen LogP contribution in [0.4, 0.5) is 0 Å². The normalized spacial score (nSPS) is 22.3. The highest BCUT2D eigenvalue weighted by Gasteiger charge is 2.49. The van der Waals surface area contributed by atoms with Gasteiger partial charge < -0.3 is 33.8 Å². The van der Waals surface area contributed by atoms with Crippen molar-refractivity contribution < 1.29 is 70.4 Å². The summed E-state index contributed by atoms with van der Waals surface area (Å²) in [5, 5.41) is 26.2. The molecule has 1 aromatic carbocycles. The Kier molecular flexibility index (Phi) is 14.4. The summed E-state index contributed by atoms with van der Waals surface area (Å²) in [5.41, 5.74) is -3.10. The van der Waals surface area contributed by atoms with Crippen LogP contribution in [0, 0.1) is 22.7 Å². The second-order valence-electron chi connectivity index (χ2n) is 16.1. The highest BCUT2D eigenvalue weighted by molar-refractivity contribution is 7.61. The van der Waals surface area contributed by atoms with Crippen LogP contribution >= 0.6 is 15.6 Å². The van der Waals surface area contributed by atoms with Crippen LogP contribution in [0.1, 0.15) is 81.2 Å². The molecule has 3 aromatic rings. The van der Waals surface area contributed by atoms with Crippen molar-refractivity contribution in [3.05, 3.63) is 63.1 Å². The number of fused-ring (bicyclic) bond motifs is 1. The summed E-state index contributed by atoms with van der Waals surface area (Å²) in [4.78, 5) is 62.7. The van der Waals surface area contributed by atoms with Gasteiger partial charge in [-0.3, -0.25) is 28.0 Å². The fourth-order valence-corrected chi connectivity index (χ4v) is 7.90. The van der Waals surface area contributed by atoms with Gasteiger partial charge >= 0.3 is 33.3 Å². The van der Waals surface area contributed by atoms with Gasteiger partial charge in [0.05, 0.1) is 24.0 Å². The van der Waals surface area contributed by atoms with E-state index in [-0.39, 0.29) is 12.2 Å². The lowest BCUT2D eigenvalue weighted by Gasteiger charge is -2.32. The molecule has 1 saturated heterocycles. The summed E-state index contributed by atoms with van der Waals surface area (Å²) in [5.74, 6) is -3.06. The van der Waals surface area contributed by atoms with Gasteiger partial charge in [-0.15, -0.1) is 0 Å². The van der Waals surface area contributed by atoms with E-state index in [9.17, 15) is 43.4 Å². The van der Waals surface area contributed by atoms with Crippen LogP contribution in [0.25, 0.3) is 11.0 Å². The van der Waals surface area contributed by atoms with E-state index in [0.717, 1.165) is 21.4 Å². The number of carbonyl (C=O) groups is 2. The number of aliphatic hydroxyl groups excluding tert-OH is 2. The molecule has 318 valence electrons. The third-order valence-corrected chi connectivity index (χ3v) is 11.3. The number of phosphoric acid groups is 2. The monoisotopic (exact) mass is 847 g/mol. The van der Waals surface area contributed by atoms with Crippen LogP contribution in [-0.4, -0.2) is 78.8 Å². The van der Waals surface area contributed by atoms with Gasteiger partial charge in [-0.25, -0.2) is 23.0 Å². The first kappa shape index (κ1) is 46.1. The van der Waals surface area contributed by atoms with Crippen LogP contribution in [0.5, 0.6) is 0 Å². The van der Waals surface area contributed by atoms with Gasteiger partial charge in [0.25, 0.3) is 5.56 Å². The fourth-order valence-electron chi connectivity index (χ4n) is 4.93. The van der Waals surface area contributed by atoms with Crippen LogP contribution in [0.3, 0.4) is 0 Å². The molecule has 4 rings (SSSR count). The Bertz CT molecular complexity index is 2070. The average Bonchev–Trinajstić information content (AvgIpc) is 3.63. The first-order chi connectivity index (χ1) is 26.2. The molecule has 3 heterocycles. The zero-order chi connectivity index (χ0) is 42.8. The van der Waals surface area contributed by atoms with Crippen LogP contribution in [0.15, 0.2) is 50.6 Å². The number of benzene rings is 1. The zero-order valence-corrected chi connectivity index (χ0v) is 35.1. The number of esters is 2. The zero-order valence-electron chi connectivity index (χ0n) is 33.3. The maximum Gasteiger partial charge on any atom is 0.490 e. The van der Waals surface area contributed by atoms with Gasteiger partial charge in [0.2, 0.25) is 12.6 Å². The van der Waals surface area contributed by atoms with E-state index in [1.807, 2.05) is 0 Å². The lowest BCUT2D eigenvalue weighted by atomic mass is 9.97. The first-order valence-electron chi connectivity index (χ1n) is 18.0. The third kappa shape index (κ3) is 11.6. The molecule has 4 unspecified atom stereocenters. The lowest BCUT2D eigenvalue weighted by Crippen LogP contribution is -2.43. The molecule has 0 radical (unpaired) electrons.